The van der Waals surface area contributed by atoms with Gasteiger partial charge in [-0.25, -0.2) is 90.5 Å². The van der Waals surface area contributed by atoms with Gasteiger partial charge in [-0.3, -0.25) is 0 Å². The molecule has 0 amide bonds. The Morgan fingerprint density at radius 1 is 0.338 bits per heavy atom. The van der Waals surface area contributed by atoms with Crippen LogP contribution in [0.2, 0.25) is 0 Å². The zero-order valence-electron chi connectivity index (χ0n) is 79.2. The van der Waals surface area contributed by atoms with Gasteiger partial charge in [0.1, 0.15) is 74.1 Å². The molecule has 8 bridgehead atoms. The van der Waals surface area contributed by atoms with E-state index in [4.69, 9.17) is 14.4 Å². The number of aromatic nitrogens is 17. The fourth-order valence-corrected chi connectivity index (χ4v) is 24.5. The highest BCUT2D eigenvalue weighted by Gasteiger charge is 2.47. The first-order valence-electron chi connectivity index (χ1n) is 49.6. The summed E-state index contributed by atoms with van der Waals surface area (Å²) in [5.41, 5.74) is 10.0. The summed E-state index contributed by atoms with van der Waals surface area (Å²) in [6, 6.07) is 38.5. The van der Waals surface area contributed by atoms with Crippen LogP contribution in [-0.2, 0) is 7.05 Å². The highest BCUT2D eigenvalue weighted by atomic mass is 19.2. The average molecular weight is 1910 g/mol. The maximum atomic E-state index is 16.6. The molecule has 0 aliphatic heterocycles. The number of para-hydroxylation sites is 2. The van der Waals surface area contributed by atoms with Crippen molar-refractivity contribution in [1.29, 1.82) is 0 Å². The molecule has 30 rings (SSSR count). The second-order valence-corrected chi connectivity index (χ2v) is 40.4. The molecule has 12 aliphatic carbocycles. The minimum absolute atomic E-state index is 0.00804. The number of aromatic amines is 4. The lowest BCUT2D eigenvalue weighted by Gasteiger charge is -2.47. The fraction of sp³-hybridized carbons (Fsp3) is 0.339. The van der Waals surface area contributed by atoms with Gasteiger partial charge in [0.05, 0.1) is 24.8 Å². The van der Waals surface area contributed by atoms with Gasteiger partial charge in [-0.15, -0.1) is 0 Å². The van der Waals surface area contributed by atoms with E-state index in [-0.39, 0.29) is 76.0 Å². The Morgan fingerprint density at radius 3 is 1.08 bits per heavy atom. The number of pyridine rings is 4. The van der Waals surface area contributed by atoms with Crippen molar-refractivity contribution in [3.63, 3.8) is 0 Å². The monoisotopic (exact) mass is 1910 g/mol. The molecular weight excluding hydrogens is 1810 g/mol. The van der Waals surface area contributed by atoms with Gasteiger partial charge in [0.15, 0.2) is 75.5 Å². The van der Waals surface area contributed by atoms with Crippen molar-refractivity contribution < 1.29 is 39.5 Å². The Bertz CT molecular complexity index is 7880. The summed E-state index contributed by atoms with van der Waals surface area (Å²) in [5, 5.41) is 18.0. The lowest BCUT2D eigenvalue weighted by molar-refractivity contribution is 0.0926. The van der Waals surface area contributed by atoms with Gasteiger partial charge in [-0.2, -0.15) is 4.39 Å². The molecule has 8 atom stereocenters. The number of fused-ring (bicyclic) bond motifs is 19. The quantitative estimate of drug-likeness (QED) is 0.0350. The first-order chi connectivity index (χ1) is 69.1. The molecule has 720 valence electrons. The van der Waals surface area contributed by atoms with Crippen LogP contribution in [0.15, 0.2) is 194 Å². The lowest BCUT2D eigenvalue weighted by atomic mass is 9.62. The molecule has 0 spiro atoms. The maximum absolute atomic E-state index is 16.6. The molecule has 18 aromatic rings. The number of anilines is 4. The number of hydrogen-bond donors (Lipinski definition) is 8. The lowest BCUT2D eigenvalue weighted by Crippen LogP contribution is -2.47. The largest absolute Gasteiger partial charge is 0.455 e. The van der Waals surface area contributed by atoms with Crippen LogP contribution in [0.5, 0.6) is 0 Å². The van der Waals surface area contributed by atoms with Gasteiger partial charge < -0.3 is 50.2 Å². The van der Waals surface area contributed by atoms with Crippen LogP contribution in [0.4, 0.5) is 58.4 Å². The van der Waals surface area contributed by atoms with Gasteiger partial charge in [-0.1, -0.05) is 112 Å². The van der Waals surface area contributed by atoms with E-state index in [9.17, 15) is 17.6 Å². The number of halogens is 8. The number of furan rings is 1. The van der Waals surface area contributed by atoms with Crippen LogP contribution in [0.25, 0.3) is 145 Å². The Labute approximate surface area is 813 Å². The molecule has 14 heterocycles. The summed E-state index contributed by atoms with van der Waals surface area (Å²) in [5.74, 6) is 10.5. The van der Waals surface area contributed by atoms with Crippen molar-refractivity contribution in [1.82, 2.24) is 84.3 Å². The highest BCUT2D eigenvalue weighted by molar-refractivity contribution is 6.09. The van der Waals surface area contributed by atoms with Crippen molar-refractivity contribution in [2.45, 2.75) is 162 Å². The normalized spacial score (nSPS) is 23.5. The Morgan fingerprint density at radius 2 is 0.690 bits per heavy atom. The average Bonchev–Trinajstić information content (AvgIpc) is 1.63. The number of nitrogens with one attached hydrogen (secondary N) is 8. The van der Waals surface area contributed by atoms with Gasteiger partial charge in [0.2, 0.25) is 0 Å². The van der Waals surface area contributed by atoms with Crippen molar-refractivity contribution in [3.8, 4) is 91.2 Å². The van der Waals surface area contributed by atoms with Crippen molar-refractivity contribution in [2.75, 3.05) is 21.3 Å². The SMILES string of the molecule is CC1C2CCC(CC2)C1Nc1nc(-c2c[nH]c3ncc(F)cc23)nc(-c2cccc3c2oc2ccccc23)c1F.CC1C2CCC(CC2)C1Nc1nc(-c2c[nH]c3ncc(F)cc23)nc(-c2ccn(C)c2)c1F.CC1C2CCC(CC2)C1Nc1nc(-c2c[nH]c3ncc(F)cc23)nc(C#Cc2ccccc2)c1F.Cc1ccc(-c2nc(-c3c[nH]c4ncc(F)cc34)nc(NC3C4CCC(CC4)C3C)c2F)cc1. The maximum Gasteiger partial charge on any atom is 0.199 e. The molecule has 12 fully saturated rings. The first kappa shape index (κ1) is 91.0. The third-order valence-corrected chi connectivity index (χ3v) is 32.3. The predicted octanol–water partition coefficient (Wildman–Crippen LogP) is 26.1. The van der Waals surface area contributed by atoms with E-state index < -0.39 is 46.5 Å². The van der Waals surface area contributed by atoms with Gasteiger partial charge in [-0.05, 0) is 241 Å². The summed E-state index contributed by atoms with van der Waals surface area (Å²) in [4.78, 5) is 65.6. The van der Waals surface area contributed by atoms with Crippen LogP contribution in [0, 0.1) is 136 Å². The Balaban J connectivity index is 0.000000106. The summed E-state index contributed by atoms with van der Waals surface area (Å²) in [7, 11) is 1.89. The molecule has 0 saturated heterocycles. The minimum atomic E-state index is -0.560. The predicted molar refractivity (Wildman–Crippen MR) is 536 cm³/mol. The summed E-state index contributed by atoms with van der Waals surface area (Å²) >= 11 is 0. The zero-order chi connectivity index (χ0) is 97.0. The van der Waals surface area contributed by atoms with E-state index in [2.05, 4.69) is 131 Å². The fourth-order valence-electron chi connectivity index (χ4n) is 24.5. The van der Waals surface area contributed by atoms with Crippen LogP contribution >= 0.6 is 0 Å². The van der Waals surface area contributed by atoms with E-state index in [0.29, 0.717) is 177 Å². The molecule has 8 unspecified atom stereocenters. The molecule has 4 aromatic carbocycles. The van der Waals surface area contributed by atoms with Crippen LogP contribution in [0.3, 0.4) is 0 Å². The van der Waals surface area contributed by atoms with Crippen molar-refractivity contribution in [2.24, 2.45) is 78.1 Å². The molecule has 22 nitrogen and oxygen atoms in total. The third-order valence-electron chi connectivity index (χ3n) is 32.3. The molecule has 142 heavy (non-hydrogen) atoms. The van der Waals surface area contributed by atoms with E-state index in [1.165, 1.54) is 108 Å². The number of H-pyrrole nitrogens is 4. The van der Waals surface area contributed by atoms with Crippen LogP contribution < -0.4 is 21.3 Å². The van der Waals surface area contributed by atoms with Crippen LogP contribution in [0.1, 0.15) is 147 Å². The van der Waals surface area contributed by atoms with Crippen molar-refractivity contribution in [3.05, 3.63) is 253 Å². The number of nitrogens with zero attached hydrogens (tertiary/aromatic N) is 13. The zero-order valence-corrected chi connectivity index (χ0v) is 79.2. The van der Waals surface area contributed by atoms with Crippen LogP contribution in [-0.4, -0.2) is 108 Å². The number of hydrogen-bond acceptors (Lipinski definition) is 17. The molecular formula is C112H105F8N21O. The van der Waals surface area contributed by atoms with Gasteiger partial charge >= 0.3 is 0 Å². The number of aryl methyl sites for hydroxylation is 2. The molecule has 14 aromatic heterocycles. The summed E-state index contributed by atoms with van der Waals surface area (Å²) in [6.45, 7) is 11.0. The Hall–Kier alpha value is -14.8. The molecule has 12 aliphatic rings. The summed E-state index contributed by atoms with van der Waals surface area (Å²) < 4.78 is 128. The van der Waals surface area contributed by atoms with Crippen molar-refractivity contribution >= 4 is 89.3 Å². The molecule has 0 radical (unpaired) electrons. The second-order valence-electron chi connectivity index (χ2n) is 40.4. The molecule has 8 N–H and O–H groups in total. The molecule has 30 heteroatoms. The molecule has 12 saturated carbocycles. The van der Waals surface area contributed by atoms with Gasteiger partial charge in [0.25, 0.3) is 0 Å². The number of benzene rings is 4. The van der Waals surface area contributed by atoms with E-state index in [0.717, 1.165) is 71.8 Å². The second kappa shape index (κ2) is 37.7. The Kier molecular flexibility index (Phi) is 24.2. The van der Waals surface area contributed by atoms with E-state index >= 15 is 17.6 Å². The van der Waals surface area contributed by atoms with E-state index in [1.807, 2.05) is 134 Å². The van der Waals surface area contributed by atoms with E-state index in [1.54, 1.807) is 24.8 Å². The topological polar surface area (TPSA) is 284 Å². The highest BCUT2D eigenvalue weighted by Crippen LogP contribution is 2.52. The minimum Gasteiger partial charge on any atom is -0.455 e. The standard InChI is InChI=1S/C32H27F2N5O.C28H25F2N5.C27H27F2N5.C25H26F2N6/c1-16-17-9-11-18(12-10-17)27(16)37-32-26(34)28(22-7-4-6-21-20-5-2-3-8-25(20)40-29(21)22)38-31(39-32)24-15-36-30-23(24)13-19(33)14-35-30;1-16-18-8-10-19(11-9-18)25(16)34-28-24(30)23(12-7-17-5-3-2-4-6-17)33-27(35-28)22-15-32-26-21(22)13-20(29)14-31-26;1-14-3-5-18(6-4-14)24-22(29)27(32-23-15(2)16-7-9-17(23)10-8-16)34-26(33-24)21-13-31-25-20(21)11-19(28)12-30-25;1-13-14-3-5-15(6-4-14)21(13)30-25-20(27)22(16-7-8-33(2)12-16)31-24(32-25)19-11-29-23-18(19)9-17(26)10-28-23/h2-8,13-18,27H,9-12H2,1H3,(H,35,36)(H,37,38,39);2-6,13-16,18-19,25H,8-11H2,1H3,(H,31,32)(H,33,34,35);3-6,11-13,15-17,23H,7-10H2,1-2H3,(H,30,31)(H,32,33,34);7-15,21H,3-6H2,1-2H3,(H,28,29)(H,30,31,32). The third kappa shape index (κ3) is 17.3. The number of rotatable bonds is 15. The smallest absolute Gasteiger partial charge is 0.199 e. The van der Waals surface area contributed by atoms with Gasteiger partial charge in [0, 0.05) is 145 Å². The first-order valence-corrected chi connectivity index (χ1v) is 49.6. The summed E-state index contributed by atoms with van der Waals surface area (Å²) in [6.07, 6.45) is 34.4.